The summed E-state index contributed by atoms with van der Waals surface area (Å²) < 4.78 is 5.80. The smallest absolute Gasteiger partial charge is 0.142 e. The summed E-state index contributed by atoms with van der Waals surface area (Å²) in [5.74, 6) is 3.70. The molecule has 3 nitrogen and oxygen atoms in total. The molecule has 124 valence electrons. The van der Waals surface area contributed by atoms with Crippen molar-refractivity contribution in [2.24, 2.45) is 17.8 Å². The summed E-state index contributed by atoms with van der Waals surface area (Å²) in [5, 5.41) is 0. The summed E-state index contributed by atoms with van der Waals surface area (Å²) in [7, 11) is 0. The molecule has 0 N–H and O–H groups in total. The molecule has 1 heterocycles. The Hall–Kier alpha value is -1.48. The summed E-state index contributed by atoms with van der Waals surface area (Å²) in [4.78, 5) is 5.17. The van der Waals surface area contributed by atoms with Gasteiger partial charge in [-0.15, -0.1) is 0 Å². The molecule has 2 aliphatic carbocycles. The van der Waals surface area contributed by atoms with Crippen molar-refractivity contribution in [2.45, 2.75) is 19.8 Å². The van der Waals surface area contributed by atoms with Crippen molar-refractivity contribution in [1.29, 1.82) is 0 Å². The van der Waals surface area contributed by atoms with Crippen molar-refractivity contribution in [3.63, 3.8) is 0 Å². The zero-order chi connectivity index (χ0) is 15.6. The first kappa shape index (κ1) is 15.1. The molecule has 3 atom stereocenters. The second kappa shape index (κ2) is 6.56. The summed E-state index contributed by atoms with van der Waals surface area (Å²) in [6.07, 6.45) is 7.78. The molecule has 0 radical (unpaired) electrons. The Morgan fingerprint density at radius 3 is 2.57 bits per heavy atom. The number of rotatable bonds is 5. The number of nitrogens with zero attached hydrogens (tertiary/aromatic N) is 2. The van der Waals surface area contributed by atoms with Crippen molar-refractivity contribution in [3.05, 3.63) is 36.4 Å². The molecule has 3 aliphatic rings. The third kappa shape index (κ3) is 3.12. The van der Waals surface area contributed by atoms with Gasteiger partial charge >= 0.3 is 0 Å². The Morgan fingerprint density at radius 2 is 1.87 bits per heavy atom. The van der Waals surface area contributed by atoms with Crippen LogP contribution < -0.4 is 9.64 Å². The predicted molar refractivity (Wildman–Crippen MR) is 95.1 cm³/mol. The van der Waals surface area contributed by atoms with Crippen LogP contribution in [-0.2, 0) is 0 Å². The van der Waals surface area contributed by atoms with Gasteiger partial charge in [-0.25, -0.2) is 0 Å². The minimum atomic E-state index is 0.731. The first-order chi connectivity index (χ1) is 11.3. The molecular formula is C20H28N2O. The van der Waals surface area contributed by atoms with Crippen LogP contribution in [-0.4, -0.2) is 44.2 Å². The van der Waals surface area contributed by atoms with Crippen molar-refractivity contribution in [2.75, 3.05) is 44.2 Å². The van der Waals surface area contributed by atoms with Crippen LogP contribution in [0.5, 0.6) is 5.75 Å². The Morgan fingerprint density at radius 1 is 1.04 bits per heavy atom. The van der Waals surface area contributed by atoms with Crippen LogP contribution >= 0.6 is 0 Å². The van der Waals surface area contributed by atoms with Crippen molar-refractivity contribution in [1.82, 2.24) is 4.90 Å². The SMILES string of the molecule is CCOc1ccccc1N1CCN(C[C@H]2C[C@@H]3C=C[C@H]2C3)CC1. The molecular weight excluding hydrogens is 284 g/mol. The fourth-order valence-electron chi connectivity index (χ4n) is 4.60. The van der Waals surface area contributed by atoms with Crippen molar-refractivity contribution >= 4 is 5.69 Å². The Kier molecular flexibility index (Phi) is 4.30. The first-order valence-electron chi connectivity index (χ1n) is 9.21. The molecule has 23 heavy (non-hydrogen) atoms. The third-order valence-electron chi connectivity index (χ3n) is 5.79. The standard InChI is InChI=1S/C20H28N2O/c1-2-23-20-6-4-3-5-19(20)22-11-9-21(10-12-22)15-18-14-16-7-8-17(18)13-16/h3-8,16-18H,2,9-15H2,1H3/t16-,17+,18-/m1/s1. The molecule has 1 aliphatic heterocycles. The lowest BCUT2D eigenvalue weighted by Crippen LogP contribution is -2.48. The lowest BCUT2D eigenvalue weighted by Gasteiger charge is -2.38. The second-order valence-corrected chi connectivity index (χ2v) is 7.23. The van der Waals surface area contributed by atoms with Crippen LogP contribution in [0.15, 0.2) is 36.4 Å². The largest absolute Gasteiger partial charge is 0.492 e. The number of fused-ring (bicyclic) bond motifs is 2. The van der Waals surface area contributed by atoms with Crippen LogP contribution in [0.25, 0.3) is 0 Å². The van der Waals surface area contributed by atoms with E-state index in [0.717, 1.165) is 43.2 Å². The summed E-state index contributed by atoms with van der Waals surface area (Å²) >= 11 is 0. The second-order valence-electron chi connectivity index (χ2n) is 7.23. The highest BCUT2D eigenvalue weighted by Crippen LogP contribution is 2.43. The number of para-hydroxylation sites is 2. The zero-order valence-corrected chi connectivity index (χ0v) is 14.2. The van der Waals surface area contributed by atoms with E-state index in [1.807, 2.05) is 0 Å². The predicted octanol–water partition coefficient (Wildman–Crippen LogP) is 3.42. The Balaban J connectivity index is 1.33. The molecule has 1 saturated carbocycles. The number of ether oxygens (including phenoxy) is 1. The zero-order valence-electron chi connectivity index (χ0n) is 14.2. The van der Waals surface area contributed by atoms with E-state index < -0.39 is 0 Å². The molecule has 0 spiro atoms. The van der Waals surface area contributed by atoms with E-state index in [9.17, 15) is 0 Å². The molecule has 4 rings (SSSR count). The Labute approximate surface area is 139 Å². The average Bonchev–Trinajstić information content (AvgIpc) is 3.19. The maximum Gasteiger partial charge on any atom is 0.142 e. The maximum absolute atomic E-state index is 5.80. The molecule has 0 amide bonds. The van der Waals surface area contributed by atoms with Crippen LogP contribution in [0, 0.1) is 17.8 Å². The number of hydrogen-bond acceptors (Lipinski definition) is 3. The van der Waals surface area contributed by atoms with Crippen LogP contribution in [0.1, 0.15) is 19.8 Å². The summed E-state index contributed by atoms with van der Waals surface area (Å²) in [5.41, 5.74) is 1.26. The van der Waals surface area contributed by atoms with Gasteiger partial charge in [0.25, 0.3) is 0 Å². The molecule has 3 heteroatoms. The molecule has 1 aromatic rings. The lowest BCUT2D eigenvalue weighted by molar-refractivity contribution is 0.203. The lowest BCUT2D eigenvalue weighted by atomic mass is 9.93. The molecule has 0 unspecified atom stereocenters. The fourth-order valence-corrected chi connectivity index (χ4v) is 4.60. The quantitative estimate of drug-likeness (QED) is 0.775. The number of benzene rings is 1. The van der Waals surface area contributed by atoms with Gasteiger partial charge in [-0.05, 0) is 49.7 Å². The summed E-state index contributed by atoms with van der Waals surface area (Å²) in [6, 6.07) is 8.47. The minimum Gasteiger partial charge on any atom is -0.492 e. The number of hydrogen-bond donors (Lipinski definition) is 0. The van der Waals surface area contributed by atoms with Gasteiger partial charge in [-0.1, -0.05) is 24.3 Å². The van der Waals surface area contributed by atoms with Crippen LogP contribution in [0.4, 0.5) is 5.69 Å². The Bertz CT molecular complexity index is 563. The van der Waals surface area contributed by atoms with E-state index in [4.69, 9.17) is 4.74 Å². The van der Waals surface area contributed by atoms with Gasteiger partial charge in [0.15, 0.2) is 0 Å². The van der Waals surface area contributed by atoms with E-state index in [1.54, 1.807) is 0 Å². The van der Waals surface area contributed by atoms with Gasteiger partial charge in [-0.3, -0.25) is 4.90 Å². The minimum absolute atomic E-state index is 0.731. The third-order valence-corrected chi connectivity index (χ3v) is 5.79. The van der Waals surface area contributed by atoms with Crippen molar-refractivity contribution < 1.29 is 4.74 Å². The summed E-state index contributed by atoms with van der Waals surface area (Å²) in [6.45, 7) is 8.66. The highest BCUT2D eigenvalue weighted by Gasteiger charge is 2.36. The molecule has 1 aromatic carbocycles. The number of allylic oxidation sites excluding steroid dienone is 2. The van der Waals surface area contributed by atoms with E-state index in [0.29, 0.717) is 0 Å². The monoisotopic (exact) mass is 312 g/mol. The van der Waals surface area contributed by atoms with Crippen molar-refractivity contribution in [3.8, 4) is 5.75 Å². The molecule has 1 saturated heterocycles. The molecule has 0 aromatic heterocycles. The van der Waals surface area contributed by atoms with E-state index in [-0.39, 0.29) is 0 Å². The topological polar surface area (TPSA) is 15.7 Å². The maximum atomic E-state index is 5.80. The van der Waals surface area contributed by atoms with E-state index in [1.165, 1.54) is 38.2 Å². The van der Waals surface area contributed by atoms with Gasteiger partial charge in [0, 0.05) is 32.7 Å². The first-order valence-corrected chi connectivity index (χ1v) is 9.21. The van der Waals surface area contributed by atoms with Gasteiger partial charge in [0.2, 0.25) is 0 Å². The number of piperazine rings is 1. The van der Waals surface area contributed by atoms with E-state index >= 15 is 0 Å². The molecule has 2 fully saturated rings. The van der Waals surface area contributed by atoms with Crippen LogP contribution in [0.2, 0.25) is 0 Å². The normalized spacial score (nSPS) is 30.1. The highest BCUT2D eigenvalue weighted by atomic mass is 16.5. The van der Waals surface area contributed by atoms with Crippen LogP contribution in [0.3, 0.4) is 0 Å². The average molecular weight is 312 g/mol. The highest BCUT2D eigenvalue weighted by molar-refractivity contribution is 5.58. The molecule has 2 bridgehead atoms. The number of anilines is 1. The van der Waals surface area contributed by atoms with E-state index in [2.05, 4.69) is 53.1 Å². The van der Waals surface area contributed by atoms with Gasteiger partial charge in [-0.2, -0.15) is 0 Å². The van der Waals surface area contributed by atoms with Gasteiger partial charge in [0.05, 0.1) is 12.3 Å². The van der Waals surface area contributed by atoms with Gasteiger partial charge < -0.3 is 9.64 Å². The van der Waals surface area contributed by atoms with Gasteiger partial charge in [0.1, 0.15) is 5.75 Å². The fraction of sp³-hybridized carbons (Fsp3) is 0.600.